The Hall–Kier alpha value is -3.75. The molecule has 1 N–H and O–H groups in total. The number of carbonyl (C=O) groups is 3. The summed E-state index contributed by atoms with van der Waals surface area (Å²) in [5, 5.41) is 2.75. The van der Waals surface area contributed by atoms with Gasteiger partial charge in [0.2, 0.25) is 0 Å². The van der Waals surface area contributed by atoms with E-state index in [1.165, 1.54) is 7.11 Å². The highest BCUT2D eigenvalue weighted by Gasteiger charge is 2.26. The van der Waals surface area contributed by atoms with Crippen LogP contribution in [-0.4, -0.2) is 80.6 Å². The lowest BCUT2D eigenvalue weighted by Crippen LogP contribution is -2.50. The number of methoxy groups -OCH3 is 2. The van der Waals surface area contributed by atoms with Gasteiger partial charge in [0.05, 0.1) is 14.2 Å². The van der Waals surface area contributed by atoms with Crippen LogP contribution >= 0.6 is 0 Å². The van der Waals surface area contributed by atoms with Gasteiger partial charge in [0.15, 0.2) is 18.1 Å². The molecule has 9 heteroatoms. The SMILES string of the molecule is COc1ccc(C(=O)N2CCN(C(=O)c3ccc(OCC(=O)NC(C)C)c(OC)c3)CC2)cc1. The smallest absolute Gasteiger partial charge is 0.258 e. The highest BCUT2D eigenvalue weighted by molar-refractivity contribution is 5.96. The van der Waals surface area contributed by atoms with Gasteiger partial charge >= 0.3 is 0 Å². The number of amides is 3. The van der Waals surface area contributed by atoms with Crippen LogP contribution < -0.4 is 19.5 Å². The number of nitrogens with zero attached hydrogens (tertiary/aromatic N) is 2. The van der Waals surface area contributed by atoms with Crippen LogP contribution in [0.15, 0.2) is 42.5 Å². The number of piperazine rings is 1. The summed E-state index contributed by atoms with van der Waals surface area (Å²) in [6.45, 7) is 5.33. The number of carbonyl (C=O) groups excluding carboxylic acids is 3. The molecule has 0 bridgehead atoms. The summed E-state index contributed by atoms with van der Waals surface area (Å²) in [6, 6.07) is 11.9. The van der Waals surface area contributed by atoms with Crippen LogP contribution in [-0.2, 0) is 4.79 Å². The van der Waals surface area contributed by atoms with Gasteiger partial charge in [-0.2, -0.15) is 0 Å². The van der Waals surface area contributed by atoms with Crippen molar-refractivity contribution in [2.75, 3.05) is 47.0 Å². The maximum Gasteiger partial charge on any atom is 0.258 e. The molecule has 34 heavy (non-hydrogen) atoms. The van der Waals surface area contributed by atoms with Crippen molar-refractivity contribution in [2.45, 2.75) is 19.9 Å². The fourth-order valence-electron chi connectivity index (χ4n) is 3.64. The van der Waals surface area contributed by atoms with E-state index in [0.717, 1.165) is 0 Å². The third-order valence-electron chi connectivity index (χ3n) is 5.41. The van der Waals surface area contributed by atoms with E-state index in [-0.39, 0.29) is 30.4 Å². The van der Waals surface area contributed by atoms with Gasteiger partial charge in [-0.15, -0.1) is 0 Å². The lowest BCUT2D eigenvalue weighted by Gasteiger charge is -2.35. The van der Waals surface area contributed by atoms with Crippen molar-refractivity contribution in [3.8, 4) is 17.2 Å². The van der Waals surface area contributed by atoms with E-state index < -0.39 is 0 Å². The molecule has 182 valence electrons. The molecule has 3 amide bonds. The molecule has 2 aromatic carbocycles. The van der Waals surface area contributed by atoms with Crippen molar-refractivity contribution in [3.05, 3.63) is 53.6 Å². The quantitative estimate of drug-likeness (QED) is 0.637. The normalized spacial score (nSPS) is 13.4. The van der Waals surface area contributed by atoms with E-state index in [1.807, 2.05) is 13.8 Å². The second-order valence-electron chi connectivity index (χ2n) is 8.19. The van der Waals surface area contributed by atoms with Crippen LogP contribution in [0, 0.1) is 0 Å². The topological polar surface area (TPSA) is 97.4 Å². The molecule has 0 saturated carbocycles. The average molecular weight is 470 g/mol. The molecule has 0 atom stereocenters. The molecular weight excluding hydrogens is 438 g/mol. The highest BCUT2D eigenvalue weighted by atomic mass is 16.5. The predicted molar refractivity (Wildman–Crippen MR) is 127 cm³/mol. The van der Waals surface area contributed by atoms with E-state index in [1.54, 1.807) is 59.4 Å². The number of benzene rings is 2. The molecule has 0 aliphatic carbocycles. The first-order valence-corrected chi connectivity index (χ1v) is 11.1. The molecule has 2 aromatic rings. The van der Waals surface area contributed by atoms with Crippen molar-refractivity contribution in [1.29, 1.82) is 0 Å². The van der Waals surface area contributed by atoms with Gasteiger partial charge in [-0.3, -0.25) is 14.4 Å². The Morgan fingerprint density at radius 3 is 1.91 bits per heavy atom. The van der Waals surface area contributed by atoms with Crippen LogP contribution in [0.1, 0.15) is 34.6 Å². The number of nitrogens with one attached hydrogen (secondary N) is 1. The van der Waals surface area contributed by atoms with Gasteiger partial charge < -0.3 is 29.3 Å². The summed E-state index contributed by atoms with van der Waals surface area (Å²) >= 11 is 0. The third kappa shape index (κ3) is 6.18. The van der Waals surface area contributed by atoms with Crippen molar-refractivity contribution in [1.82, 2.24) is 15.1 Å². The van der Waals surface area contributed by atoms with E-state index in [4.69, 9.17) is 14.2 Å². The van der Waals surface area contributed by atoms with Gasteiger partial charge in [0.1, 0.15) is 5.75 Å². The van der Waals surface area contributed by atoms with Crippen LogP contribution in [0.4, 0.5) is 0 Å². The molecule has 0 spiro atoms. The van der Waals surface area contributed by atoms with Crippen molar-refractivity contribution >= 4 is 17.7 Å². The highest BCUT2D eigenvalue weighted by Crippen LogP contribution is 2.29. The number of hydrogen-bond acceptors (Lipinski definition) is 6. The van der Waals surface area contributed by atoms with Gasteiger partial charge in [0.25, 0.3) is 17.7 Å². The van der Waals surface area contributed by atoms with Gasteiger partial charge in [-0.25, -0.2) is 0 Å². The van der Waals surface area contributed by atoms with Crippen molar-refractivity contribution in [3.63, 3.8) is 0 Å². The molecule has 1 heterocycles. The second-order valence-corrected chi connectivity index (χ2v) is 8.19. The molecule has 1 aliphatic heterocycles. The molecule has 1 aliphatic rings. The first-order valence-electron chi connectivity index (χ1n) is 11.1. The van der Waals surface area contributed by atoms with Crippen molar-refractivity contribution in [2.24, 2.45) is 0 Å². The van der Waals surface area contributed by atoms with Gasteiger partial charge in [0, 0.05) is 43.3 Å². The number of hydrogen-bond donors (Lipinski definition) is 1. The second kappa shape index (κ2) is 11.4. The maximum absolute atomic E-state index is 13.0. The first-order chi connectivity index (χ1) is 16.3. The summed E-state index contributed by atoms with van der Waals surface area (Å²) in [6.07, 6.45) is 0. The van der Waals surface area contributed by atoms with Gasteiger partial charge in [-0.1, -0.05) is 0 Å². The summed E-state index contributed by atoms with van der Waals surface area (Å²) < 4.78 is 16.1. The first kappa shape index (κ1) is 24.9. The zero-order valence-corrected chi connectivity index (χ0v) is 20.0. The van der Waals surface area contributed by atoms with Crippen molar-refractivity contribution < 1.29 is 28.6 Å². The van der Waals surface area contributed by atoms with Gasteiger partial charge in [-0.05, 0) is 56.3 Å². The Balaban J connectivity index is 1.58. The minimum absolute atomic E-state index is 0.0185. The molecule has 0 radical (unpaired) electrons. The Morgan fingerprint density at radius 1 is 0.824 bits per heavy atom. The molecule has 3 rings (SSSR count). The molecule has 9 nitrogen and oxygen atoms in total. The fraction of sp³-hybridized carbons (Fsp3) is 0.400. The van der Waals surface area contributed by atoms with Crippen LogP contribution in [0.5, 0.6) is 17.2 Å². The minimum Gasteiger partial charge on any atom is -0.497 e. The number of rotatable bonds is 8. The molecule has 1 saturated heterocycles. The minimum atomic E-state index is -0.237. The summed E-state index contributed by atoms with van der Waals surface area (Å²) in [5.74, 6) is 0.986. The van der Waals surface area contributed by atoms with Crippen LogP contribution in [0.3, 0.4) is 0 Å². The largest absolute Gasteiger partial charge is 0.497 e. The van der Waals surface area contributed by atoms with E-state index in [0.29, 0.717) is 54.6 Å². The van der Waals surface area contributed by atoms with Crippen LogP contribution in [0.2, 0.25) is 0 Å². The zero-order chi connectivity index (χ0) is 24.7. The maximum atomic E-state index is 13.0. The average Bonchev–Trinajstić information content (AvgIpc) is 2.86. The standard InChI is InChI=1S/C25H31N3O6/c1-17(2)26-23(29)16-34-21-10-7-19(15-22(21)33-4)25(31)28-13-11-27(12-14-28)24(30)18-5-8-20(32-3)9-6-18/h5-10,15,17H,11-14,16H2,1-4H3,(H,26,29). The summed E-state index contributed by atoms with van der Waals surface area (Å²) in [5.41, 5.74) is 1.04. The molecule has 0 unspecified atom stereocenters. The molecule has 0 aromatic heterocycles. The van der Waals surface area contributed by atoms with E-state index in [9.17, 15) is 14.4 Å². The predicted octanol–water partition coefficient (Wildman–Crippen LogP) is 2.21. The fourth-order valence-corrected chi connectivity index (χ4v) is 3.64. The van der Waals surface area contributed by atoms with E-state index >= 15 is 0 Å². The molecular formula is C25H31N3O6. The Kier molecular flexibility index (Phi) is 8.34. The van der Waals surface area contributed by atoms with E-state index in [2.05, 4.69) is 5.32 Å². The van der Waals surface area contributed by atoms with Crippen LogP contribution in [0.25, 0.3) is 0 Å². The Labute approximate surface area is 199 Å². The summed E-state index contributed by atoms with van der Waals surface area (Å²) in [7, 11) is 3.06. The lowest BCUT2D eigenvalue weighted by atomic mass is 10.1. The number of ether oxygens (including phenoxy) is 3. The third-order valence-corrected chi connectivity index (χ3v) is 5.41. The Morgan fingerprint density at radius 2 is 1.38 bits per heavy atom. The summed E-state index contributed by atoms with van der Waals surface area (Å²) in [4.78, 5) is 41.1. The Bertz CT molecular complexity index is 1010. The lowest BCUT2D eigenvalue weighted by molar-refractivity contribution is -0.123. The monoisotopic (exact) mass is 469 g/mol. The molecule has 1 fully saturated rings. The zero-order valence-electron chi connectivity index (χ0n) is 20.0.